The molecule has 3 aromatic heterocycles. The second kappa shape index (κ2) is 12.1. The number of benzene rings is 7. The van der Waals surface area contributed by atoms with E-state index in [9.17, 15) is 0 Å². The average molecular weight is 771 g/mol. The molecule has 1 spiro atoms. The molecule has 5 aliphatic rings. The molecule has 0 amide bonds. The highest BCUT2D eigenvalue weighted by Crippen LogP contribution is 2.69. The number of hydrogen-bond acceptors (Lipinski definition) is 2. The van der Waals surface area contributed by atoms with Gasteiger partial charge >= 0.3 is 0 Å². The third-order valence-corrected chi connectivity index (χ3v) is 15.4. The quantitative estimate of drug-likeness (QED) is 0.179. The van der Waals surface area contributed by atoms with Crippen molar-refractivity contribution in [2.24, 2.45) is 23.7 Å². The van der Waals surface area contributed by atoms with Crippen LogP contribution in [0.15, 0.2) is 170 Å². The third kappa shape index (κ3) is 4.41. The molecule has 4 nitrogen and oxygen atoms in total. The van der Waals surface area contributed by atoms with Gasteiger partial charge in [0.05, 0.1) is 22.1 Å². The van der Waals surface area contributed by atoms with Crippen LogP contribution in [0.1, 0.15) is 43.2 Å². The van der Waals surface area contributed by atoms with Crippen LogP contribution in [0.5, 0.6) is 0 Å². The summed E-state index contributed by atoms with van der Waals surface area (Å²) in [5.41, 5.74) is 16.8. The molecule has 0 unspecified atom stereocenters. The fraction of sp³-hybridized carbons (Fsp3) is 0.179. The van der Waals surface area contributed by atoms with Crippen molar-refractivity contribution in [3.05, 3.63) is 181 Å². The molecule has 15 rings (SSSR count). The number of hydrogen-bond donors (Lipinski definition) is 0. The predicted molar refractivity (Wildman–Crippen MR) is 245 cm³/mol. The van der Waals surface area contributed by atoms with Crippen molar-refractivity contribution in [3.63, 3.8) is 0 Å². The Kier molecular flexibility index (Phi) is 6.70. The lowest BCUT2D eigenvalue weighted by atomic mass is 9.43. The Hall–Kier alpha value is -6.78. The van der Waals surface area contributed by atoms with Crippen LogP contribution in [0, 0.1) is 23.7 Å². The molecule has 4 saturated carbocycles. The van der Waals surface area contributed by atoms with Crippen LogP contribution in [0.2, 0.25) is 0 Å². The van der Waals surface area contributed by atoms with Crippen molar-refractivity contribution in [3.8, 4) is 45.0 Å². The van der Waals surface area contributed by atoms with E-state index in [0.29, 0.717) is 5.95 Å². The van der Waals surface area contributed by atoms with Crippen LogP contribution in [0.3, 0.4) is 0 Å². The van der Waals surface area contributed by atoms with Crippen molar-refractivity contribution in [1.29, 1.82) is 0 Å². The van der Waals surface area contributed by atoms with Gasteiger partial charge in [-0.2, -0.15) is 0 Å². The van der Waals surface area contributed by atoms with Gasteiger partial charge in [0.25, 0.3) is 0 Å². The molecule has 0 radical (unpaired) electrons. The van der Waals surface area contributed by atoms with Gasteiger partial charge in [-0.05, 0) is 143 Å². The van der Waals surface area contributed by atoms with Crippen LogP contribution in [0.4, 0.5) is 0 Å². The Bertz CT molecular complexity index is 3360. The normalized spacial score (nSPS) is 22.4. The highest BCUT2D eigenvalue weighted by atomic mass is 15.1. The van der Waals surface area contributed by atoms with E-state index in [1.807, 2.05) is 30.6 Å². The first-order valence-electron chi connectivity index (χ1n) is 21.9. The molecule has 4 fully saturated rings. The van der Waals surface area contributed by atoms with E-state index in [1.165, 1.54) is 92.6 Å². The first-order chi connectivity index (χ1) is 29.7. The van der Waals surface area contributed by atoms with Crippen LogP contribution in [-0.4, -0.2) is 19.1 Å². The largest absolute Gasteiger partial charge is 0.309 e. The maximum absolute atomic E-state index is 4.89. The molecule has 286 valence electrons. The van der Waals surface area contributed by atoms with E-state index in [1.54, 1.807) is 11.1 Å². The summed E-state index contributed by atoms with van der Waals surface area (Å²) in [7, 11) is 0. The second-order valence-electron chi connectivity index (χ2n) is 18.3. The van der Waals surface area contributed by atoms with Crippen molar-refractivity contribution >= 4 is 43.6 Å². The van der Waals surface area contributed by atoms with Gasteiger partial charge in [0.15, 0.2) is 0 Å². The van der Waals surface area contributed by atoms with Crippen LogP contribution in [0.25, 0.3) is 88.6 Å². The van der Waals surface area contributed by atoms with E-state index >= 15 is 0 Å². The molecule has 3 heterocycles. The lowest BCUT2D eigenvalue weighted by Crippen LogP contribution is -2.55. The minimum absolute atomic E-state index is 0.140. The Balaban J connectivity index is 0.902. The smallest absolute Gasteiger partial charge is 0.234 e. The molecular formula is C56H42N4. The monoisotopic (exact) mass is 770 g/mol. The van der Waals surface area contributed by atoms with Crippen LogP contribution >= 0.6 is 0 Å². The van der Waals surface area contributed by atoms with Gasteiger partial charge in [-0.25, -0.2) is 9.97 Å². The molecule has 0 aliphatic heterocycles. The summed E-state index contributed by atoms with van der Waals surface area (Å²) < 4.78 is 4.74. The van der Waals surface area contributed by atoms with E-state index in [0.717, 1.165) is 45.8 Å². The maximum atomic E-state index is 4.89. The zero-order valence-electron chi connectivity index (χ0n) is 33.3. The van der Waals surface area contributed by atoms with Crippen LogP contribution in [-0.2, 0) is 5.41 Å². The molecule has 10 aromatic rings. The summed E-state index contributed by atoms with van der Waals surface area (Å²) in [6.45, 7) is 0. The van der Waals surface area contributed by atoms with E-state index in [-0.39, 0.29) is 5.41 Å². The topological polar surface area (TPSA) is 35.6 Å². The molecule has 0 N–H and O–H groups in total. The standard InChI is InChI=1S/C56H42N4/c1-2-10-36(11-3-1)39-32-57-55(58-33-39)60-52-17-9-6-14-46(52)48-30-38(19-23-54(48)60)37-18-22-53-47(29-37)45-13-5-8-16-51(45)59(53)42-20-21-44-43-12-4-7-15-49(43)56(50(44)31-42)40-25-34-24-35(27-40)28-41(56)26-34/h1-23,29-35,40-41H,24-28H2. The molecule has 5 aliphatic carbocycles. The Labute approximate surface area is 348 Å². The zero-order valence-corrected chi connectivity index (χ0v) is 33.3. The summed E-state index contributed by atoms with van der Waals surface area (Å²) in [5.74, 6) is 4.01. The fourth-order valence-electron chi connectivity index (χ4n) is 13.3. The number of para-hydroxylation sites is 2. The first kappa shape index (κ1) is 33.1. The second-order valence-corrected chi connectivity index (χ2v) is 18.3. The van der Waals surface area contributed by atoms with E-state index in [2.05, 4.69) is 149 Å². The SMILES string of the molecule is c1ccc(-c2cnc(-n3c4ccccc4c4cc(-c5ccc6c(c5)c5ccccc5n6-c5ccc6c(c5)C5(c7ccccc7-6)C6CC7CC(C6)CC5C7)ccc43)nc2)cc1. The van der Waals surface area contributed by atoms with E-state index < -0.39 is 0 Å². The van der Waals surface area contributed by atoms with Crippen molar-refractivity contribution < 1.29 is 0 Å². The molecule has 4 heteroatoms. The summed E-state index contributed by atoms with van der Waals surface area (Å²) in [4.78, 5) is 9.78. The van der Waals surface area contributed by atoms with Gasteiger partial charge < -0.3 is 4.57 Å². The van der Waals surface area contributed by atoms with Gasteiger partial charge in [-0.1, -0.05) is 109 Å². The highest BCUT2D eigenvalue weighted by molar-refractivity contribution is 6.12. The molecule has 0 atom stereocenters. The summed E-state index contributed by atoms with van der Waals surface area (Å²) in [5, 5.41) is 4.96. The Morgan fingerprint density at radius 1 is 0.400 bits per heavy atom. The zero-order chi connectivity index (χ0) is 39.1. The fourth-order valence-corrected chi connectivity index (χ4v) is 13.3. The molecule has 7 aromatic carbocycles. The van der Waals surface area contributed by atoms with Gasteiger partial charge in [0, 0.05) is 50.6 Å². The van der Waals surface area contributed by atoms with Crippen molar-refractivity contribution in [1.82, 2.24) is 19.1 Å². The van der Waals surface area contributed by atoms with E-state index in [4.69, 9.17) is 9.97 Å². The van der Waals surface area contributed by atoms with Crippen molar-refractivity contribution in [2.45, 2.75) is 37.5 Å². The average Bonchev–Trinajstić information content (AvgIpc) is 3.92. The maximum Gasteiger partial charge on any atom is 0.234 e. The summed E-state index contributed by atoms with van der Waals surface area (Å²) in [6.07, 6.45) is 10.9. The van der Waals surface area contributed by atoms with Crippen LogP contribution < -0.4 is 0 Å². The molecule has 4 bridgehead atoms. The summed E-state index contributed by atoms with van der Waals surface area (Å²) >= 11 is 0. The van der Waals surface area contributed by atoms with Crippen molar-refractivity contribution in [2.75, 3.05) is 0 Å². The van der Waals surface area contributed by atoms with Gasteiger partial charge in [0.2, 0.25) is 5.95 Å². The molecule has 60 heavy (non-hydrogen) atoms. The Morgan fingerprint density at radius 2 is 0.950 bits per heavy atom. The molecule has 0 saturated heterocycles. The number of rotatable bonds is 4. The first-order valence-corrected chi connectivity index (χ1v) is 21.9. The predicted octanol–water partition coefficient (Wildman–Crippen LogP) is 13.7. The number of aromatic nitrogens is 4. The van der Waals surface area contributed by atoms with Gasteiger partial charge in [-0.3, -0.25) is 4.57 Å². The van der Waals surface area contributed by atoms with Gasteiger partial charge in [-0.15, -0.1) is 0 Å². The lowest BCUT2D eigenvalue weighted by Gasteiger charge is -2.61. The third-order valence-electron chi connectivity index (χ3n) is 15.4. The lowest BCUT2D eigenvalue weighted by molar-refractivity contribution is -0.0399. The minimum Gasteiger partial charge on any atom is -0.309 e. The summed E-state index contributed by atoms with van der Waals surface area (Å²) in [6, 6.07) is 58.9. The molecular weight excluding hydrogens is 729 g/mol. The number of fused-ring (bicyclic) bond motifs is 9. The Morgan fingerprint density at radius 3 is 1.63 bits per heavy atom. The van der Waals surface area contributed by atoms with Gasteiger partial charge in [0.1, 0.15) is 0 Å². The number of nitrogens with zero attached hydrogens (tertiary/aromatic N) is 4. The minimum atomic E-state index is 0.140. The highest BCUT2D eigenvalue weighted by Gasteiger charge is 2.61.